The average Bonchev–Trinajstić information content (AvgIpc) is 2.47. The standard InChI is InChI=1S/C17H28N2/c1-2-19(17-10-4-3-5-11-17)14-16-9-7-6-8-15(16)12-13-18/h6-9,17H,2-5,10-14,18H2,1H3. The Labute approximate surface area is 118 Å². The summed E-state index contributed by atoms with van der Waals surface area (Å²) in [7, 11) is 0. The largest absolute Gasteiger partial charge is 0.330 e. The number of hydrogen-bond donors (Lipinski definition) is 1. The van der Waals surface area contributed by atoms with Gasteiger partial charge in [0.25, 0.3) is 0 Å². The number of nitrogens with zero attached hydrogens (tertiary/aromatic N) is 1. The highest BCUT2D eigenvalue weighted by Crippen LogP contribution is 2.24. The molecule has 1 aliphatic carbocycles. The molecule has 2 rings (SSSR count). The van der Waals surface area contributed by atoms with Crippen LogP contribution in [0.2, 0.25) is 0 Å². The van der Waals surface area contributed by atoms with E-state index in [9.17, 15) is 0 Å². The Kier molecular flexibility index (Phi) is 5.87. The Morgan fingerprint density at radius 1 is 1.11 bits per heavy atom. The van der Waals surface area contributed by atoms with E-state index in [-0.39, 0.29) is 0 Å². The van der Waals surface area contributed by atoms with Crippen LogP contribution in [0.15, 0.2) is 24.3 Å². The SMILES string of the molecule is CCN(Cc1ccccc1CCN)C1CCCCC1. The molecule has 106 valence electrons. The third-order valence-electron chi connectivity index (χ3n) is 4.40. The second-order valence-corrected chi connectivity index (χ2v) is 5.66. The van der Waals surface area contributed by atoms with Crippen molar-refractivity contribution in [1.29, 1.82) is 0 Å². The van der Waals surface area contributed by atoms with Crippen LogP contribution in [0.3, 0.4) is 0 Å². The second kappa shape index (κ2) is 7.66. The van der Waals surface area contributed by atoms with Crippen molar-refractivity contribution in [3.63, 3.8) is 0 Å². The summed E-state index contributed by atoms with van der Waals surface area (Å²) in [6.45, 7) is 5.28. The van der Waals surface area contributed by atoms with Crippen LogP contribution in [-0.2, 0) is 13.0 Å². The van der Waals surface area contributed by atoms with Gasteiger partial charge in [-0.25, -0.2) is 0 Å². The number of rotatable bonds is 6. The van der Waals surface area contributed by atoms with Crippen molar-refractivity contribution >= 4 is 0 Å². The van der Waals surface area contributed by atoms with Crippen LogP contribution in [0, 0.1) is 0 Å². The molecule has 0 amide bonds. The van der Waals surface area contributed by atoms with E-state index in [1.807, 2.05) is 0 Å². The first-order valence-corrected chi connectivity index (χ1v) is 7.86. The Morgan fingerprint density at radius 3 is 2.42 bits per heavy atom. The fourth-order valence-corrected chi connectivity index (χ4v) is 3.28. The minimum absolute atomic E-state index is 0.743. The first-order chi connectivity index (χ1) is 9.35. The van der Waals surface area contributed by atoms with Crippen LogP contribution in [0.1, 0.15) is 50.2 Å². The maximum absolute atomic E-state index is 5.72. The molecule has 1 aromatic rings. The summed E-state index contributed by atoms with van der Waals surface area (Å²) < 4.78 is 0. The summed E-state index contributed by atoms with van der Waals surface area (Å²) in [5.74, 6) is 0. The normalized spacial score (nSPS) is 17.0. The molecule has 19 heavy (non-hydrogen) atoms. The van der Waals surface area contributed by atoms with E-state index in [0.717, 1.165) is 32.1 Å². The molecule has 0 aromatic heterocycles. The van der Waals surface area contributed by atoms with Crippen LogP contribution in [-0.4, -0.2) is 24.0 Å². The van der Waals surface area contributed by atoms with Gasteiger partial charge in [0, 0.05) is 12.6 Å². The highest BCUT2D eigenvalue weighted by molar-refractivity contribution is 5.27. The summed E-state index contributed by atoms with van der Waals surface area (Å²) in [4.78, 5) is 2.66. The third kappa shape index (κ3) is 4.05. The van der Waals surface area contributed by atoms with Gasteiger partial charge in [-0.2, -0.15) is 0 Å². The molecule has 0 atom stereocenters. The second-order valence-electron chi connectivity index (χ2n) is 5.66. The Morgan fingerprint density at radius 2 is 1.79 bits per heavy atom. The van der Waals surface area contributed by atoms with Crippen LogP contribution in [0.25, 0.3) is 0 Å². The predicted molar refractivity (Wildman–Crippen MR) is 82.2 cm³/mol. The lowest BCUT2D eigenvalue weighted by Crippen LogP contribution is -2.36. The van der Waals surface area contributed by atoms with E-state index in [0.29, 0.717) is 0 Å². The molecule has 0 spiro atoms. The van der Waals surface area contributed by atoms with E-state index in [1.165, 1.54) is 43.2 Å². The molecule has 1 aromatic carbocycles. The lowest BCUT2D eigenvalue weighted by atomic mass is 9.93. The zero-order valence-corrected chi connectivity index (χ0v) is 12.3. The summed E-state index contributed by atoms with van der Waals surface area (Å²) >= 11 is 0. The first kappa shape index (κ1) is 14.5. The first-order valence-electron chi connectivity index (χ1n) is 7.86. The van der Waals surface area contributed by atoms with Gasteiger partial charge in [0.05, 0.1) is 0 Å². The zero-order chi connectivity index (χ0) is 13.5. The van der Waals surface area contributed by atoms with E-state index in [1.54, 1.807) is 0 Å². The van der Waals surface area contributed by atoms with Crippen LogP contribution in [0.4, 0.5) is 0 Å². The topological polar surface area (TPSA) is 29.3 Å². The fourth-order valence-electron chi connectivity index (χ4n) is 3.28. The summed E-state index contributed by atoms with van der Waals surface area (Å²) in [5, 5.41) is 0. The minimum atomic E-state index is 0.743. The number of benzene rings is 1. The quantitative estimate of drug-likeness (QED) is 0.850. The number of nitrogens with two attached hydrogens (primary N) is 1. The molecule has 0 aliphatic heterocycles. The Bertz CT molecular complexity index is 369. The zero-order valence-electron chi connectivity index (χ0n) is 12.3. The van der Waals surface area contributed by atoms with Crippen molar-refractivity contribution in [2.24, 2.45) is 5.73 Å². The van der Waals surface area contributed by atoms with Crippen molar-refractivity contribution < 1.29 is 0 Å². The molecule has 2 heteroatoms. The van der Waals surface area contributed by atoms with E-state index < -0.39 is 0 Å². The molecule has 2 nitrogen and oxygen atoms in total. The Balaban J connectivity index is 2.04. The van der Waals surface area contributed by atoms with Gasteiger partial charge in [-0.15, -0.1) is 0 Å². The number of hydrogen-bond acceptors (Lipinski definition) is 2. The van der Waals surface area contributed by atoms with Gasteiger partial charge < -0.3 is 5.73 Å². The lowest BCUT2D eigenvalue weighted by Gasteiger charge is -2.34. The van der Waals surface area contributed by atoms with Crippen molar-refractivity contribution in [3.05, 3.63) is 35.4 Å². The van der Waals surface area contributed by atoms with Crippen molar-refractivity contribution in [1.82, 2.24) is 4.90 Å². The highest BCUT2D eigenvalue weighted by atomic mass is 15.1. The fraction of sp³-hybridized carbons (Fsp3) is 0.647. The molecule has 0 heterocycles. The van der Waals surface area contributed by atoms with Crippen molar-refractivity contribution in [2.45, 2.75) is 58.0 Å². The molecule has 2 N–H and O–H groups in total. The van der Waals surface area contributed by atoms with Crippen LogP contribution in [0.5, 0.6) is 0 Å². The lowest BCUT2D eigenvalue weighted by molar-refractivity contribution is 0.155. The van der Waals surface area contributed by atoms with Crippen molar-refractivity contribution in [2.75, 3.05) is 13.1 Å². The van der Waals surface area contributed by atoms with Gasteiger partial charge in [0.2, 0.25) is 0 Å². The van der Waals surface area contributed by atoms with Gasteiger partial charge in [-0.3, -0.25) is 4.90 Å². The van der Waals surface area contributed by atoms with E-state index in [2.05, 4.69) is 36.1 Å². The molecule has 1 saturated carbocycles. The van der Waals surface area contributed by atoms with Gasteiger partial charge in [0.1, 0.15) is 0 Å². The predicted octanol–water partition coefficient (Wildman–Crippen LogP) is 3.34. The molecular weight excluding hydrogens is 232 g/mol. The van der Waals surface area contributed by atoms with Gasteiger partial charge in [0.15, 0.2) is 0 Å². The van der Waals surface area contributed by atoms with Gasteiger partial charge in [-0.1, -0.05) is 50.5 Å². The summed E-state index contributed by atoms with van der Waals surface area (Å²) in [6, 6.07) is 9.59. The Hall–Kier alpha value is -0.860. The molecule has 0 radical (unpaired) electrons. The maximum Gasteiger partial charge on any atom is 0.0239 e. The van der Waals surface area contributed by atoms with Crippen LogP contribution >= 0.6 is 0 Å². The van der Waals surface area contributed by atoms with E-state index >= 15 is 0 Å². The minimum Gasteiger partial charge on any atom is -0.330 e. The average molecular weight is 260 g/mol. The smallest absolute Gasteiger partial charge is 0.0239 e. The molecule has 0 saturated heterocycles. The molecule has 0 unspecified atom stereocenters. The highest BCUT2D eigenvalue weighted by Gasteiger charge is 2.20. The maximum atomic E-state index is 5.72. The van der Waals surface area contributed by atoms with Crippen molar-refractivity contribution in [3.8, 4) is 0 Å². The van der Waals surface area contributed by atoms with Gasteiger partial charge >= 0.3 is 0 Å². The van der Waals surface area contributed by atoms with E-state index in [4.69, 9.17) is 5.73 Å². The monoisotopic (exact) mass is 260 g/mol. The molecule has 1 fully saturated rings. The molecule has 0 bridgehead atoms. The summed E-state index contributed by atoms with van der Waals surface area (Å²) in [6.07, 6.45) is 8.01. The third-order valence-corrected chi connectivity index (χ3v) is 4.40. The molecular formula is C17H28N2. The van der Waals surface area contributed by atoms with Crippen LogP contribution < -0.4 is 5.73 Å². The van der Waals surface area contributed by atoms with Gasteiger partial charge in [-0.05, 0) is 43.5 Å². The summed E-state index contributed by atoms with van der Waals surface area (Å²) in [5.41, 5.74) is 8.62. The molecule has 1 aliphatic rings.